The number of carbonyl (C=O) groups is 1. The van der Waals surface area contributed by atoms with Crippen molar-refractivity contribution in [1.82, 2.24) is 9.47 Å². The average Bonchev–Trinajstić information content (AvgIpc) is 2.68. The van der Waals surface area contributed by atoms with Crippen LogP contribution in [-0.2, 0) is 22.6 Å². The number of rotatable bonds is 6. The van der Waals surface area contributed by atoms with Gasteiger partial charge >= 0.3 is 0 Å². The standard InChI is InChI=1S/C21H27N3O4/c1-15-5-4-6-18(16(15)2)22-21(26)14-24-13-20(27-3)19(25)11-17(24)12-23-7-9-28-10-8-23/h4-6,11,13H,7-10,12,14H2,1-3H3,(H,22,26). The number of nitrogens with one attached hydrogen (secondary N) is 1. The molecule has 2 heterocycles. The largest absolute Gasteiger partial charge is 0.491 e. The molecule has 1 aromatic carbocycles. The van der Waals surface area contributed by atoms with Crippen molar-refractivity contribution in [1.29, 1.82) is 0 Å². The van der Waals surface area contributed by atoms with Crippen LogP contribution < -0.4 is 15.5 Å². The Morgan fingerprint density at radius 1 is 1.25 bits per heavy atom. The predicted octanol–water partition coefficient (Wildman–Crippen LogP) is 1.94. The zero-order valence-corrected chi connectivity index (χ0v) is 16.7. The lowest BCUT2D eigenvalue weighted by Crippen LogP contribution is -2.37. The Morgan fingerprint density at radius 3 is 2.71 bits per heavy atom. The normalized spacial score (nSPS) is 14.7. The Kier molecular flexibility index (Phi) is 6.49. The van der Waals surface area contributed by atoms with Gasteiger partial charge in [0.2, 0.25) is 11.3 Å². The number of nitrogens with zero attached hydrogens (tertiary/aromatic N) is 2. The van der Waals surface area contributed by atoms with Crippen LogP contribution in [0.25, 0.3) is 0 Å². The minimum absolute atomic E-state index is 0.101. The second kappa shape index (κ2) is 9.03. The number of amides is 1. The predicted molar refractivity (Wildman–Crippen MR) is 108 cm³/mol. The molecule has 0 unspecified atom stereocenters. The van der Waals surface area contributed by atoms with E-state index >= 15 is 0 Å². The number of methoxy groups -OCH3 is 1. The van der Waals surface area contributed by atoms with Gasteiger partial charge in [0.15, 0.2) is 5.75 Å². The van der Waals surface area contributed by atoms with Crippen LogP contribution in [0.1, 0.15) is 16.8 Å². The second-order valence-electron chi connectivity index (χ2n) is 7.01. The fourth-order valence-electron chi connectivity index (χ4n) is 3.25. The first-order chi connectivity index (χ1) is 13.5. The molecule has 1 aliphatic heterocycles. The van der Waals surface area contributed by atoms with Crippen LogP contribution in [0.15, 0.2) is 35.3 Å². The number of hydrogen-bond acceptors (Lipinski definition) is 5. The van der Waals surface area contributed by atoms with Crippen LogP contribution in [-0.4, -0.2) is 48.8 Å². The second-order valence-corrected chi connectivity index (χ2v) is 7.01. The number of aromatic nitrogens is 1. The zero-order chi connectivity index (χ0) is 20.1. The quantitative estimate of drug-likeness (QED) is 0.823. The summed E-state index contributed by atoms with van der Waals surface area (Å²) in [5, 5.41) is 2.97. The van der Waals surface area contributed by atoms with E-state index in [2.05, 4.69) is 10.2 Å². The Hall–Kier alpha value is -2.64. The zero-order valence-electron chi connectivity index (χ0n) is 16.7. The average molecular weight is 385 g/mol. The fourth-order valence-corrected chi connectivity index (χ4v) is 3.25. The molecule has 1 aliphatic rings. The lowest BCUT2D eigenvalue weighted by Gasteiger charge is -2.27. The van der Waals surface area contributed by atoms with Gasteiger partial charge in [-0.1, -0.05) is 12.1 Å². The SMILES string of the molecule is COc1cn(CC(=O)Nc2cccc(C)c2C)c(CN2CCOCC2)cc1=O. The topological polar surface area (TPSA) is 72.8 Å². The molecule has 1 amide bonds. The maximum absolute atomic E-state index is 12.7. The van der Waals surface area contributed by atoms with E-state index in [0.717, 1.165) is 35.6 Å². The van der Waals surface area contributed by atoms with Gasteiger partial charge in [0.1, 0.15) is 6.54 Å². The summed E-state index contributed by atoms with van der Waals surface area (Å²) in [6.07, 6.45) is 1.61. The van der Waals surface area contributed by atoms with E-state index in [1.54, 1.807) is 16.8 Å². The van der Waals surface area contributed by atoms with Crippen molar-refractivity contribution in [2.24, 2.45) is 0 Å². The summed E-state index contributed by atoms with van der Waals surface area (Å²) in [4.78, 5) is 27.1. The summed E-state index contributed by atoms with van der Waals surface area (Å²) in [5.74, 6) is 0.0768. The molecule has 1 aromatic heterocycles. The van der Waals surface area contributed by atoms with Crippen LogP contribution in [0.5, 0.6) is 5.75 Å². The number of aryl methyl sites for hydroxylation is 1. The summed E-state index contributed by atoms with van der Waals surface area (Å²) in [5.41, 5.74) is 3.56. The van der Waals surface area contributed by atoms with Crippen molar-refractivity contribution in [2.45, 2.75) is 26.9 Å². The molecule has 0 saturated carbocycles. The van der Waals surface area contributed by atoms with E-state index in [4.69, 9.17) is 9.47 Å². The number of pyridine rings is 1. The maximum atomic E-state index is 12.7. The summed E-state index contributed by atoms with van der Waals surface area (Å²) >= 11 is 0. The van der Waals surface area contributed by atoms with E-state index in [1.165, 1.54) is 7.11 Å². The highest BCUT2D eigenvalue weighted by atomic mass is 16.5. The van der Waals surface area contributed by atoms with E-state index in [0.29, 0.717) is 19.8 Å². The molecule has 0 aliphatic carbocycles. The Morgan fingerprint density at radius 2 is 2.00 bits per heavy atom. The maximum Gasteiger partial charge on any atom is 0.244 e. The van der Waals surface area contributed by atoms with Crippen molar-refractivity contribution in [2.75, 3.05) is 38.7 Å². The molecular formula is C21H27N3O4. The van der Waals surface area contributed by atoms with Gasteiger partial charge in [-0.3, -0.25) is 14.5 Å². The molecule has 150 valence electrons. The number of ether oxygens (including phenoxy) is 2. The Labute approximate surface area is 164 Å². The number of benzene rings is 1. The van der Waals surface area contributed by atoms with Crippen molar-refractivity contribution in [3.8, 4) is 5.75 Å². The molecule has 0 spiro atoms. The third-order valence-electron chi connectivity index (χ3n) is 5.08. The lowest BCUT2D eigenvalue weighted by molar-refractivity contribution is -0.116. The highest BCUT2D eigenvalue weighted by molar-refractivity contribution is 5.91. The first-order valence-corrected chi connectivity index (χ1v) is 9.41. The first kappa shape index (κ1) is 20.1. The third kappa shape index (κ3) is 4.79. The van der Waals surface area contributed by atoms with Crippen molar-refractivity contribution < 1.29 is 14.3 Å². The molecule has 0 radical (unpaired) electrons. The van der Waals surface area contributed by atoms with Crippen molar-refractivity contribution >= 4 is 11.6 Å². The highest BCUT2D eigenvalue weighted by Gasteiger charge is 2.16. The molecule has 2 aromatic rings. The fraction of sp³-hybridized carbons (Fsp3) is 0.429. The van der Waals surface area contributed by atoms with E-state index in [9.17, 15) is 9.59 Å². The van der Waals surface area contributed by atoms with Crippen molar-refractivity contribution in [3.05, 3.63) is 57.5 Å². The monoisotopic (exact) mass is 385 g/mol. The molecule has 1 fully saturated rings. The lowest BCUT2D eigenvalue weighted by atomic mass is 10.1. The van der Waals surface area contributed by atoms with E-state index in [1.807, 2.05) is 32.0 Å². The van der Waals surface area contributed by atoms with Crippen LogP contribution in [0.4, 0.5) is 5.69 Å². The molecule has 1 N–H and O–H groups in total. The summed E-state index contributed by atoms with van der Waals surface area (Å²) < 4.78 is 12.3. The molecule has 0 atom stereocenters. The number of hydrogen-bond donors (Lipinski definition) is 1. The Bertz CT molecular complexity index is 901. The van der Waals surface area contributed by atoms with Crippen LogP contribution >= 0.6 is 0 Å². The summed E-state index contributed by atoms with van der Waals surface area (Å²) in [7, 11) is 1.46. The molecule has 3 rings (SSSR count). The molecule has 0 bridgehead atoms. The highest BCUT2D eigenvalue weighted by Crippen LogP contribution is 2.18. The number of morpholine rings is 1. The first-order valence-electron chi connectivity index (χ1n) is 9.41. The minimum Gasteiger partial charge on any atom is -0.491 e. The van der Waals surface area contributed by atoms with Crippen LogP contribution in [0, 0.1) is 13.8 Å². The molecule has 1 saturated heterocycles. The van der Waals surface area contributed by atoms with Gasteiger partial charge in [-0.15, -0.1) is 0 Å². The van der Waals surface area contributed by atoms with Gasteiger partial charge in [0.25, 0.3) is 0 Å². The van der Waals surface area contributed by atoms with E-state index < -0.39 is 0 Å². The van der Waals surface area contributed by atoms with Gasteiger partial charge in [0.05, 0.1) is 26.5 Å². The van der Waals surface area contributed by atoms with Crippen LogP contribution in [0.2, 0.25) is 0 Å². The van der Waals surface area contributed by atoms with Gasteiger partial charge in [0, 0.05) is 37.1 Å². The third-order valence-corrected chi connectivity index (χ3v) is 5.08. The van der Waals surface area contributed by atoms with Crippen molar-refractivity contribution in [3.63, 3.8) is 0 Å². The van der Waals surface area contributed by atoms with Gasteiger partial charge < -0.3 is 19.4 Å². The minimum atomic E-state index is -0.183. The molecule has 7 heteroatoms. The van der Waals surface area contributed by atoms with Gasteiger partial charge in [-0.2, -0.15) is 0 Å². The van der Waals surface area contributed by atoms with Crippen LogP contribution in [0.3, 0.4) is 0 Å². The van der Waals surface area contributed by atoms with Gasteiger partial charge in [-0.05, 0) is 31.0 Å². The number of anilines is 1. The number of carbonyl (C=O) groups excluding carboxylic acids is 1. The smallest absolute Gasteiger partial charge is 0.244 e. The Balaban J connectivity index is 1.81. The molecular weight excluding hydrogens is 358 g/mol. The summed E-state index contributed by atoms with van der Waals surface area (Å²) in [6, 6.07) is 7.38. The summed E-state index contributed by atoms with van der Waals surface area (Å²) in [6.45, 7) is 7.63. The van der Waals surface area contributed by atoms with E-state index in [-0.39, 0.29) is 23.6 Å². The molecule has 7 nitrogen and oxygen atoms in total. The molecule has 28 heavy (non-hydrogen) atoms. The van der Waals surface area contributed by atoms with Gasteiger partial charge in [-0.25, -0.2) is 0 Å².